The Hall–Kier alpha value is -3.65. The summed E-state index contributed by atoms with van der Waals surface area (Å²) < 4.78 is 10.8. The molecule has 11 heteroatoms. The van der Waals surface area contributed by atoms with Crippen LogP contribution in [0.15, 0.2) is 50.9 Å². The van der Waals surface area contributed by atoms with Crippen molar-refractivity contribution in [3.63, 3.8) is 0 Å². The summed E-state index contributed by atoms with van der Waals surface area (Å²) in [6.07, 6.45) is 1.33. The predicted molar refractivity (Wildman–Crippen MR) is 127 cm³/mol. The zero-order valence-corrected chi connectivity index (χ0v) is 19.7. The standard InChI is InChI=1S/C23H19ClN4O5S/c1-13-7-15(11-32-2)18(9-25)22(27-13)34-12-21(29)28-26-10-16-4-6-20(33-16)14-3-5-17(23(30)31)19(24)8-14/h3-8,10H,11-12H2,1-2H3,(H,28,29)(H,30,31)/b26-10-. The van der Waals surface area contributed by atoms with Gasteiger partial charge in [0.25, 0.3) is 0 Å². The Labute approximate surface area is 204 Å². The Morgan fingerprint density at radius 2 is 2.15 bits per heavy atom. The van der Waals surface area contributed by atoms with Crippen molar-refractivity contribution in [1.29, 1.82) is 5.26 Å². The van der Waals surface area contributed by atoms with E-state index in [1.54, 1.807) is 38.3 Å². The molecule has 0 saturated carbocycles. The van der Waals surface area contributed by atoms with Crippen LogP contribution in [0, 0.1) is 18.3 Å². The molecule has 0 unspecified atom stereocenters. The number of nitrogens with one attached hydrogen (secondary N) is 1. The fraction of sp³-hybridized carbons (Fsp3) is 0.174. The molecule has 0 aliphatic carbocycles. The quantitative estimate of drug-likeness (QED) is 0.253. The molecule has 0 spiro atoms. The van der Waals surface area contributed by atoms with Gasteiger partial charge in [-0.15, -0.1) is 0 Å². The van der Waals surface area contributed by atoms with Crippen LogP contribution in [0.1, 0.15) is 32.9 Å². The summed E-state index contributed by atoms with van der Waals surface area (Å²) in [5.41, 5.74) is 4.81. The molecule has 2 N–H and O–H groups in total. The Kier molecular flexibility index (Phi) is 8.43. The maximum Gasteiger partial charge on any atom is 0.337 e. The van der Waals surface area contributed by atoms with E-state index in [1.165, 1.54) is 18.3 Å². The zero-order chi connectivity index (χ0) is 24.7. The second kappa shape index (κ2) is 11.5. The topological polar surface area (TPSA) is 138 Å². The molecule has 3 rings (SSSR count). The van der Waals surface area contributed by atoms with Crippen molar-refractivity contribution in [2.24, 2.45) is 5.10 Å². The maximum absolute atomic E-state index is 12.2. The van der Waals surface area contributed by atoms with Gasteiger partial charge in [0.2, 0.25) is 5.91 Å². The minimum atomic E-state index is -1.12. The lowest BCUT2D eigenvalue weighted by Crippen LogP contribution is -2.19. The fourth-order valence-corrected chi connectivity index (χ4v) is 4.08. The van der Waals surface area contributed by atoms with Gasteiger partial charge in [-0.25, -0.2) is 15.2 Å². The molecule has 1 amide bonds. The smallest absolute Gasteiger partial charge is 0.337 e. The van der Waals surface area contributed by atoms with Gasteiger partial charge in [-0.1, -0.05) is 29.4 Å². The summed E-state index contributed by atoms with van der Waals surface area (Å²) in [5.74, 6) is -0.659. The minimum Gasteiger partial charge on any atom is -0.478 e. The summed E-state index contributed by atoms with van der Waals surface area (Å²) in [4.78, 5) is 27.6. The first-order chi connectivity index (χ1) is 16.3. The van der Waals surface area contributed by atoms with Crippen LogP contribution < -0.4 is 5.43 Å². The van der Waals surface area contributed by atoms with Gasteiger partial charge in [0.05, 0.1) is 34.7 Å². The van der Waals surface area contributed by atoms with E-state index in [0.717, 1.165) is 17.5 Å². The number of hydrogen-bond donors (Lipinski definition) is 2. The lowest BCUT2D eigenvalue weighted by molar-refractivity contribution is -0.118. The molecule has 0 fully saturated rings. The highest BCUT2D eigenvalue weighted by Crippen LogP contribution is 2.27. The second-order valence-corrected chi connectivity index (χ2v) is 8.30. The van der Waals surface area contributed by atoms with E-state index < -0.39 is 5.97 Å². The lowest BCUT2D eigenvalue weighted by atomic mass is 10.1. The Bertz CT molecular complexity index is 1300. The van der Waals surface area contributed by atoms with Crippen molar-refractivity contribution in [3.8, 4) is 17.4 Å². The van der Waals surface area contributed by atoms with Gasteiger partial charge in [0.15, 0.2) is 0 Å². The molecular weight excluding hydrogens is 480 g/mol. The van der Waals surface area contributed by atoms with Gasteiger partial charge < -0.3 is 14.3 Å². The fourth-order valence-electron chi connectivity index (χ4n) is 2.96. The number of carboxylic acid groups (broad SMARTS) is 1. The first-order valence-electron chi connectivity index (χ1n) is 9.79. The number of furan rings is 1. The van der Waals surface area contributed by atoms with Crippen LogP contribution in [-0.4, -0.2) is 41.0 Å². The average Bonchev–Trinajstić information content (AvgIpc) is 3.26. The van der Waals surface area contributed by atoms with Crippen LogP contribution in [0.3, 0.4) is 0 Å². The van der Waals surface area contributed by atoms with E-state index >= 15 is 0 Å². The number of pyridine rings is 1. The van der Waals surface area contributed by atoms with Gasteiger partial charge in [0, 0.05) is 18.4 Å². The number of benzene rings is 1. The summed E-state index contributed by atoms with van der Waals surface area (Å²) in [6, 6.07) is 11.7. The number of hydrazone groups is 1. The van der Waals surface area contributed by atoms with Crippen LogP contribution in [0.5, 0.6) is 0 Å². The molecule has 2 aromatic heterocycles. The van der Waals surface area contributed by atoms with Crippen LogP contribution in [-0.2, 0) is 16.1 Å². The number of nitriles is 1. The van der Waals surface area contributed by atoms with E-state index in [9.17, 15) is 14.9 Å². The summed E-state index contributed by atoms with van der Waals surface area (Å²) in [7, 11) is 1.54. The normalized spacial score (nSPS) is 10.9. The molecule has 34 heavy (non-hydrogen) atoms. The monoisotopic (exact) mass is 498 g/mol. The van der Waals surface area contributed by atoms with Crippen molar-refractivity contribution in [1.82, 2.24) is 10.4 Å². The first-order valence-corrected chi connectivity index (χ1v) is 11.2. The summed E-state index contributed by atoms with van der Waals surface area (Å²) in [5, 5.41) is 23.0. The van der Waals surface area contributed by atoms with E-state index in [-0.39, 0.29) is 28.9 Å². The number of thioether (sulfide) groups is 1. The molecule has 0 aliphatic heterocycles. The predicted octanol–water partition coefficient (Wildman–Crippen LogP) is 4.26. The molecule has 1 aromatic carbocycles. The number of carbonyl (C=O) groups is 2. The summed E-state index contributed by atoms with van der Waals surface area (Å²) in [6.45, 7) is 2.08. The maximum atomic E-state index is 12.2. The molecule has 0 bridgehead atoms. The third-order valence-corrected chi connectivity index (χ3v) is 5.73. The van der Waals surface area contributed by atoms with Crippen LogP contribution in [0.25, 0.3) is 11.3 Å². The van der Waals surface area contributed by atoms with Gasteiger partial charge in [-0.05, 0) is 42.8 Å². The number of methoxy groups -OCH3 is 1. The average molecular weight is 499 g/mol. The van der Waals surface area contributed by atoms with E-state index in [2.05, 4.69) is 21.6 Å². The van der Waals surface area contributed by atoms with Gasteiger partial charge in [0.1, 0.15) is 22.6 Å². The molecule has 9 nitrogen and oxygen atoms in total. The number of aryl methyl sites for hydroxylation is 1. The van der Waals surface area contributed by atoms with Crippen LogP contribution >= 0.6 is 23.4 Å². The van der Waals surface area contributed by atoms with Gasteiger partial charge >= 0.3 is 5.97 Å². The van der Waals surface area contributed by atoms with Crippen molar-refractivity contribution >= 4 is 41.5 Å². The number of halogens is 1. The highest BCUT2D eigenvalue weighted by Gasteiger charge is 2.14. The molecule has 0 atom stereocenters. The Morgan fingerprint density at radius 3 is 2.82 bits per heavy atom. The number of carbonyl (C=O) groups excluding carboxylic acids is 1. The molecule has 2 heterocycles. The second-order valence-electron chi connectivity index (χ2n) is 6.93. The molecule has 3 aromatic rings. The van der Waals surface area contributed by atoms with Gasteiger partial charge in [-0.3, -0.25) is 4.79 Å². The van der Waals surface area contributed by atoms with E-state index in [0.29, 0.717) is 33.2 Å². The number of aromatic carboxylic acids is 1. The lowest BCUT2D eigenvalue weighted by Gasteiger charge is -2.09. The number of hydrogen-bond acceptors (Lipinski definition) is 8. The summed E-state index contributed by atoms with van der Waals surface area (Å²) >= 11 is 7.13. The largest absolute Gasteiger partial charge is 0.478 e. The highest BCUT2D eigenvalue weighted by molar-refractivity contribution is 8.00. The van der Waals surface area contributed by atoms with E-state index in [1.807, 2.05) is 0 Å². The number of ether oxygens (including phenoxy) is 1. The number of rotatable bonds is 9. The zero-order valence-electron chi connectivity index (χ0n) is 18.2. The molecular formula is C23H19ClN4O5S. The molecule has 0 radical (unpaired) electrons. The van der Waals surface area contributed by atoms with Crippen molar-refractivity contribution in [2.75, 3.05) is 12.9 Å². The molecule has 0 aliphatic rings. The van der Waals surface area contributed by atoms with Crippen molar-refractivity contribution < 1.29 is 23.8 Å². The van der Waals surface area contributed by atoms with Crippen LogP contribution in [0.4, 0.5) is 0 Å². The minimum absolute atomic E-state index is 0.00276. The molecule has 0 saturated heterocycles. The van der Waals surface area contributed by atoms with Crippen molar-refractivity contribution in [2.45, 2.75) is 18.6 Å². The van der Waals surface area contributed by atoms with Crippen molar-refractivity contribution in [3.05, 3.63) is 69.6 Å². The molecule has 174 valence electrons. The Morgan fingerprint density at radius 1 is 1.35 bits per heavy atom. The Balaban J connectivity index is 1.60. The van der Waals surface area contributed by atoms with Crippen LogP contribution in [0.2, 0.25) is 5.02 Å². The number of nitrogens with zero attached hydrogens (tertiary/aromatic N) is 3. The third kappa shape index (κ3) is 6.23. The number of aromatic nitrogens is 1. The highest BCUT2D eigenvalue weighted by atomic mass is 35.5. The van der Waals surface area contributed by atoms with E-state index in [4.69, 9.17) is 25.9 Å². The van der Waals surface area contributed by atoms with Gasteiger partial charge in [-0.2, -0.15) is 10.4 Å². The number of carboxylic acids is 1. The third-order valence-electron chi connectivity index (χ3n) is 4.44. The SMILES string of the molecule is COCc1cc(C)nc(SCC(=O)N/N=C\c2ccc(-c3ccc(C(=O)O)c(Cl)c3)o2)c1C#N. The first kappa shape index (κ1) is 25.0. The number of amides is 1.